The van der Waals surface area contributed by atoms with Gasteiger partial charge in [-0.25, -0.2) is 0 Å². The van der Waals surface area contributed by atoms with E-state index < -0.39 is 0 Å². The number of nitrogens with zero attached hydrogens (tertiary/aromatic N) is 2. The molecule has 1 rings (SSSR count). The van der Waals surface area contributed by atoms with Crippen molar-refractivity contribution in [3.05, 3.63) is 17.0 Å². The highest BCUT2D eigenvalue weighted by atomic mass is 15.3. The van der Waals surface area contributed by atoms with Crippen LogP contribution in [0.3, 0.4) is 0 Å². The van der Waals surface area contributed by atoms with Gasteiger partial charge in [0, 0.05) is 5.69 Å². The van der Waals surface area contributed by atoms with Crippen LogP contribution in [-0.2, 0) is 24.8 Å². The SMILES string of the molecule is CCNCCc1c(CC)nn(C(C)(C)C)c1CC. The van der Waals surface area contributed by atoms with Crippen molar-refractivity contribution >= 4 is 0 Å². The van der Waals surface area contributed by atoms with Crippen molar-refractivity contribution in [1.29, 1.82) is 0 Å². The Hall–Kier alpha value is -0.830. The molecule has 0 aliphatic heterocycles. The van der Waals surface area contributed by atoms with Gasteiger partial charge in [-0.1, -0.05) is 20.8 Å². The molecule has 18 heavy (non-hydrogen) atoms. The molecular formula is C15H29N3. The van der Waals surface area contributed by atoms with Gasteiger partial charge in [0.1, 0.15) is 0 Å². The highest BCUT2D eigenvalue weighted by Gasteiger charge is 2.22. The molecule has 0 bridgehead atoms. The second-order valence-electron chi connectivity index (χ2n) is 5.77. The molecule has 0 saturated carbocycles. The van der Waals surface area contributed by atoms with Gasteiger partial charge in [-0.05, 0) is 58.7 Å². The number of aromatic nitrogens is 2. The van der Waals surface area contributed by atoms with Crippen molar-refractivity contribution in [2.75, 3.05) is 13.1 Å². The first-order valence-corrected chi connectivity index (χ1v) is 7.26. The zero-order valence-electron chi connectivity index (χ0n) is 12.9. The largest absolute Gasteiger partial charge is 0.317 e. The molecule has 0 aromatic carbocycles. The van der Waals surface area contributed by atoms with E-state index in [9.17, 15) is 0 Å². The van der Waals surface area contributed by atoms with Gasteiger partial charge in [0.25, 0.3) is 0 Å². The van der Waals surface area contributed by atoms with E-state index in [2.05, 4.69) is 51.5 Å². The minimum Gasteiger partial charge on any atom is -0.317 e. The molecule has 0 aliphatic rings. The minimum atomic E-state index is 0.0751. The number of aryl methyl sites for hydroxylation is 1. The zero-order chi connectivity index (χ0) is 13.8. The molecule has 104 valence electrons. The highest BCUT2D eigenvalue weighted by molar-refractivity contribution is 5.28. The maximum absolute atomic E-state index is 4.84. The Labute approximate surface area is 112 Å². The summed E-state index contributed by atoms with van der Waals surface area (Å²) in [6.45, 7) is 15.4. The molecule has 0 saturated heterocycles. The van der Waals surface area contributed by atoms with Crippen LogP contribution in [0.2, 0.25) is 0 Å². The third kappa shape index (κ3) is 3.35. The molecule has 0 radical (unpaired) electrons. The molecule has 1 aromatic heterocycles. The van der Waals surface area contributed by atoms with Crippen LogP contribution in [0.5, 0.6) is 0 Å². The summed E-state index contributed by atoms with van der Waals surface area (Å²) in [6.07, 6.45) is 3.18. The van der Waals surface area contributed by atoms with Crippen molar-refractivity contribution in [2.45, 2.75) is 66.3 Å². The van der Waals surface area contributed by atoms with Gasteiger partial charge in [0.15, 0.2) is 0 Å². The molecule has 1 N–H and O–H groups in total. The molecule has 0 spiro atoms. The third-order valence-electron chi connectivity index (χ3n) is 3.28. The first-order chi connectivity index (χ1) is 8.45. The van der Waals surface area contributed by atoms with Crippen LogP contribution in [0.15, 0.2) is 0 Å². The van der Waals surface area contributed by atoms with Crippen LogP contribution in [0.25, 0.3) is 0 Å². The summed E-state index contributed by atoms with van der Waals surface area (Å²) in [7, 11) is 0. The first kappa shape index (κ1) is 15.2. The lowest BCUT2D eigenvalue weighted by Gasteiger charge is -2.22. The zero-order valence-corrected chi connectivity index (χ0v) is 12.9. The predicted molar refractivity (Wildman–Crippen MR) is 78.2 cm³/mol. The first-order valence-electron chi connectivity index (χ1n) is 7.26. The topological polar surface area (TPSA) is 29.9 Å². The van der Waals surface area contributed by atoms with Gasteiger partial charge < -0.3 is 5.32 Å². The number of nitrogens with one attached hydrogen (secondary N) is 1. The maximum Gasteiger partial charge on any atom is 0.0657 e. The van der Waals surface area contributed by atoms with Crippen molar-refractivity contribution in [1.82, 2.24) is 15.1 Å². The molecule has 0 aliphatic carbocycles. The van der Waals surface area contributed by atoms with Crippen LogP contribution in [0.4, 0.5) is 0 Å². The van der Waals surface area contributed by atoms with Gasteiger partial charge in [-0.15, -0.1) is 0 Å². The van der Waals surface area contributed by atoms with Crippen LogP contribution >= 0.6 is 0 Å². The number of hydrogen-bond donors (Lipinski definition) is 1. The molecular weight excluding hydrogens is 222 g/mol. The van der Waals surface area contributed by atoms with E-state index in [1.807, 2.05) is 0 Å². The molecule has 1 aromatic rings. The monoisotopic (exact) mass is 251 g/mol. The fourth-order valence-corrected chi connectivity index (χ4v) is 2.42. The van der Waals surface area contributed by atoms with E-state index in [0.717, 1.165) is 32.4 Å². The molecule has 0 fully saturated rings. The molecule has 0 unspecified atom stereocenters. The molecule has 3 heteroatoms. The second-order valence-corrected chi connectivity index (χ2v) is 5.77. The number of likely N-dealkylation sites (N-methyl/N-ethyl adjacent to an activating group) is 1. The fraction of sp³-hybridized carbons (Fsp3) is 0.800. The average Bonchev–Trinajstić information content (AvgIpc) is 2.67. The Morgan fingerprint density at radius 2 is 1.78 bits per heavy atom. The van der Waals surface area contributed by atoms with E-state index in [1.54, 1.807) is 0 Å². The quantitative estimate of drug-likeness (QED) is 0.788. The fourth-order valence-electron chi connectivity index (χ4n) is 2.42. The average molecular weight is 251 g/mol. The number of hydrogen-bond acceptors (Lipinski definition) is 2. The molecule has 0 atom stereocenters. The van der Waals surface area contributed by atoms with Gasteiger partial charge >= 0.3 is 0 Å². The normalized spacial score (nSPS) is 12.1. The third-order valence-corrected chi connectivity index (χ3v) is 3.28. The van der Waals surface area contributed by atoms with Crippen LogP contribution in [0, 0.1) is 0 Å². The van der Waals surface area contributed by atoms with E-state index in [0.29, 0.717) is 0 Å². The lowest BCUT2D eigenvalue weighted by atomic mass is 10.0. The van der Waals surface area contributed by atoms with Gasteiger partial charge in [0.05, 0.1) is 11.2 Å². The van der Waals surface area contributed by atoms with Crippen LogP contribution < -0.4 is 5.32 Å². The van der Waals surface area contributed by atoms with Crippen molar-refractivity contribution in [2.24, 2.45) is 0 Å². The lowest BCUT2D eigenvalue weighted by Crippen LogP contribution is -2.25. The van der Waals surface area contributed by atoms with Gasteiger partial charge in [0.2, 0.25) is 0 Å². The summed E-state index contributed by atoms with van der Waals surface area (Å²) >= 11 is 0. The van der Waals surface area contributed by atoms with Gasteiger partial charge in [-0.2, -0.15) is 5.10 Å². The summed E-state index contributed by atoms with van der Waals surface area (Å²) in [4.78, 5) is 0. The van der Waals surface area contributed by atoms with E-state index in [4.69, 9.17) is 5.10 Å². The Bertz CT molecular complexity index is 372. The lowest BCUT2D eigenvalue weighted by molar-refractivity contribution is 0.342. The highest BCUT2D eigenvalue weighted by Crippen LogP contribution is 2.23. The standard InChI is InChI=1S/C15H29N3/c1-7-13-12(10-11-16-9-3)14(8-2)18(17-13)15(4,5)6/h16H,7-11H2,1-6H3. The van der Waals surface area contributed by atoms with Crippen LogP contribution in [0.1, 0.15) is 58.5 Å². The van der Waals surface area contributed by atoms with Crippen molar-refractivity contribution < 1.29 is 0 Å². The van der Waals surface area contributed by atoms with E-state index in [-0.39, 0.29) is 5.54 Å². The predicted octanol–water partition coefficient (Wildman–Crippen LogP) is 2.91. The van der Waals surface area contributed by atoms with Crippen LogP contribution in [-0.4, -0.2) is 22.9 Å². The smallest absolute Gasteiger partial charge is 0.0657 e. The number of rotatable bonds is 6. The maximum atomic E-state index is 4.84. The second kappa shape index (κ2) is 6.37. The summed E-state index contributed by atoms with van der Waals surface area (Å²) in [5, 5.41) is 8.25. The summed E-state index contributed by atoms with van der Waals surface area (Å²) < 4.78 is 2.23. The molecule has 0 amide bonds. The Balaban J connectivity index is 3.09. The molecule has 1 heterocycles. The van der Waals surface area contributed by atoms with Crippen molar-refractivity contribution in [3.63, 3.8) is 0 Å². The molecule has 3 nitrogen and oxygen atoms in total. The Morgan fingerprint density at radius 3 is 2.22 bits per heavy atom. The summed E-state index contributed by atoms with van der Waals surface area (Å²) in [5.74, 6) is 0. The van der Waals surface area contributed by atoms with Gasteiger partial charge in [-0.3, -0.25) is 4.68 Å². The summed E-state index contributed by atoms with van der Waals surface area (Å²) in [6, 6.07) is 0. The van der Waals surface area contributed by atoms with E-state index >= 15 is 0 Å². The van der Waals surface area contributed by atoms with Crippen molar-refractivity contribution in [3.8, 4) is 0 Å². The Kier molecular flexibility index (Phi) is 5.39. The van der Waals surface area contributed by atoms with E-state index in [1.165, 1.54) is 17.0 Å². The minimum absolute atomic E-state index is 0.0751. The Morgan fingerprint density at radius 1 is 1.11 bits per heavy atom. The summed E-state index contributed by atoms with van der Waals surface area (Å²) in [5.41, 5.74) is 4.24.